The van der Waals surface area contributed by atoms with Crippen LogP contribution in [0.4, 0.5) is 13.2 Å². The van der Waals surface area contributed by atoms with E-state index in [1.165, 1.54) is 11.8 Å². The number of halogens is 4. The summed E-state index contributed by atoms with van der Waals surface area (Å²) in [5.74, 6) is 0.720. The molecule has 0 aromatic carbocycles. The minimum atomic E-state index is -4.17. The lowest BCUT2D eigenvalue weighted by molar-refractivity contribution is -0.181. The molecule has 4 nitrogen and oxygen atoms in total. The second kappa shape index (κ2) is 8.03. The maximum absolute atomic E-state index is 12.7. The number of rotatable bonds is 4. The van der Waals surface area contributed by atoms with Gasteiger partial charge < -0.3 is 10.2 Å². The molecule has 0 saturated carbocycles. The minimum absolute atomic E-state index is 0.375. The molecule has 1 atom stereocenters. The Labute approximate surface area is 132 Å². The lowest BCUT2D eigenvalue weighted by Crippen LogP contribution is -2.56. The zero-order valence-electron chi connectivity index (χ0n) is 12.4. The van der Waals surface area contributed by atoms with Crippen LogP contribution in [0.5, 0.6) is 0 Å². The van der Waals surface area contributed by atoms with Crippen molar-refractivity contribution < 1.29 is 13.2 Å². The number of piperazine rings is 1. The number of nitrogens with zero attached hydrogens (tertiary/aromatic N) is 3. The van der Waals surface area contributed by atoms with E-state index in [1.807, 2.05) is 11.8 Å². The number of hydrogen-bond acceptors (Lipinski definition) is 2. The molecule has 1 saturated heterocycles. The molecule has 1 rings (SSSR count). The Kier molecular flexibility index (Phi) is 6.99. The minimum Gasteiger partial charge on any atom is -0.357 e. The normalized spacial score (nSPS) is 19.5. The van der Waals surface area contributed by atoms with Crippen LogP contribution < -0.4 is 5.32 Å². The molecule has 1 aliphatic rings. The fourth-order valence-electron chi connectivity index (χ4n) is 2.11. The second-order valence-electron chi connectivity index (χ2n) is 4.93. The van der Waals surface area contributed by atoms with Crippen LogP contribution in [0.3, 0.4) is 0 Å². The van der Waals surface area contributed by atoms with Crippen LogP contribution in [-0.4, -0.2) is 67.2 Å². The lowest BCUT2D eigenvalue weighted by Gasteiger charge is -2.39. The molecule has 1 aliphatic heterocycles. The monoisotopic (exact) mass is 370 g/mol. The third-order valence-electron chi connectivity index (χ3n) is 3.37. The number of nitrogens with one attached hydrogen (secondary N) is 1. The van der Waals surface area contributed by atoms with Gasteiger partial charge in [0.2, 0.25) is 0 Å². The molecular formula is C13H22BrF3N4. The van der Waals surface area contributed by atoms with Crippen molar-refractivity contribution in [3.63, 3.8) is 0 Å². The molecule has 0 radical (unpaired) electrons. The van der Waals surface area contributed by atoms with Gasteiger partial charge in [-0.3, -0.25) is 4.90 Å². The van der Waals surface area contributed by atoms with Crippen LogP contribution in [0.15, 0.2) is 16.1 Å². The first-order chi connectivity index (χ1) is 9.75. The number of alkyl halides is 3. The maximum Gasteiger partial charge on any atom is 0.403 e. The van der Waals surface area contributed by atoms with Crippen molar-refractivity contribution in [2.45, 2.75) is 26.1 Å². The van der Waals surface area contributed by atoms with E-state index in [-0.39, 0.29) is 0 Å². The van der Waals surface area contributed by atoms with Gasteiger partial charge in [0.25, 0.3) is 0 Å². The summed E-state index contributed by atoms with van der Waals surface area (Å²) in [7, 11) is 0. The van der Waals surface area contributed by atoms with Gasteiger partial charge in [-0.05, 0) is 13.8 Å². The average Bonchev–Trinajstić information content (AvgIpc) is 2.41. The summed E-state index contributed by atoms with van der Waals surface area (Å²) >= 11 is 3.25. The molecule has 0 aromatic rings. The van der Waals surface area contributed by atoms with Gasteiger partial charge in [0.05, 0.1) is 6.54 Å². The van der Waals surface area contributed by atoms with Gasteiger partial charge in [0, 0.05) is 37.2 Å². The van der Waals surface area contributed by atoms with Crippen molar-refractivity contribution in [3.05, 3.63) is 11.1 Å². The van der Waals surface area contributed by atoms with Crippen molar-refractivity contribution in [2.24, 2.45) is 4.99 Å². The summed E-state index contributed by atoms with van der Waals surface area (Å²) in [6.45, 7) is 9.86. The smallest absolute Gasteiger partial charge is 0.357 e. The molecule has 21 heavy (non-hydrogen) atoms. The third kappa shape index (κ3) is 5.86. The number of hydrogen-bond donors (Lipinski definition) is 1. The highest BCUT2D eigenvalue weighted by Gasteiger charge is 2.41. The molecule has 1 unspecified atom stereocenters. The zero-order chi connectivity index (χ0) is 16.0. The molecule has 122 valence electrons. The Bertz CT molecular complexity index is 376. The van der Waals surface area contributed by atoms with Gasteiger partial charge in [-0.1, -0.05) is 22.5 Å². The summed E-state index contributed by atoms with van der Waals surface area (Å²) in [5.41, 5.74) is 0. The topological polar surface area (TPSA) is 30.9 Å². The fraction of sp³-hybridized carbons (Fsp3) is 0.769. The van der Waals surface area contributed by atoms with Gasteiger partial charge in [-0.2, -0.15) is 13.2 Å². The second-order valence-corrected chi connectivity index (χ2v) is 6.05. The molecule has 0 aliphatic carbocycles. The fourth-order valence-corrected chi connectivity index (χ4v) is 2.24. The van der Waals surface area contributed by atoms with E-state index in [0.717, 1.165) is 10.4 Å². The van der Waals surface area contributed by atoms with E-state index >= 15 is 0 Å². The molecule has 0 spiro atoms. The molecule has 0 amide bonds. The Morgan fingerprint density at radius 1 is 1.33 bits per heavy atom. The van der Waals surface area contributed by atoms with E-state index in [0.29, 0.717) is 39.3 Å². The Morgan fingerprint density at radius 2 is 1.90 bits per heavy atom. The summed E-state index contributed by atoms with van der Waals surface area (Å²) in [6.07, 6.45) is -4.17. The highest BCUT2D eigenvalue weighted by atomic mass is 79.9. The quantitative estimate of drug-likeness (QED) is 0.609. The average molecular weight is 371 g/mol. The van der Waals surface area contributed by atoms with Crippen LogP contribution in [0.2, 0.25) is 0 Å². The van der Waals surface area contributed by atoms with Crippen LogP contribution in [0.1, 0.15) is 13.8 Å². The van der Waals surface area contributed by atoms with Crippen LogP contribution in [-0.2, 0) is 0 Å². The van der Waals surface area contributed by atoms with Gasteiger partial charge in [0.1, 0.15) is 6.04 Å². The number of guanidine groups is 1. The summed E-state index contributed by atoms with van der Waals surface area (Å²) in [6, 6.07) is -1.40. The Balaban J connectivity index is 2.60. The van der Waals surface area contributed by atoms with Crippen molar-refractivity contribution in [2.75, 3.05) is 39.3 Å². The van der Waals surface area contributed by atoms with Crippen LogP contribution >= 0.6 is 15.9 Å². The molecule has 0 aromatic heterocycles. The van der Waals surface area contributed by atoms with Gasteiger partial charge in [0.15, 0.2) is 5.96 Å². The standard InChI is InChI=1S/C13H22BrF3N4/c1-4-18-12(19-9-10(2)14)21-7-5-20(6-8-21)11(3)13(15,16)17/h11H,2,4-9H2,1,3H3,(H,18,19). The third-order valence-corrected chi connectivity index (χ3v) is 3.62. The zero-order valence-corrected chi connectivity index (χ0v) is 14.0. The molecule has 8 heteroatoms. The Hall–Kier alpha value is -0.760. The Morgan fingerprint density at radius 3 is 2.33 bits per heavy atom. The first-order valence-electron chi connectivity index (χ1n) is 6.93. The maximum atomic E-state index is 12.7. The van der Waals surface area contributed by atoms with E-state index < -0.39 is 12.2 Å². The SMILES string of the molecule is C=C(Br)CN=C(NCC)N1CCN(C(C)C(F)(F)F)CC1. The van der Waals surface area contributed by atoms with E-state index in [9.17, 15) is 13.2 Å². The van der Waals surface area contributed by atoms with E-state index in [4.69, 9.17) is 0 Å². The molecule has 1 N–H and O–H groups in total. The van der Waals surface area contributed by atoms with Crippen LogP contribution in [0.25, 0.3) is 0 Å². The van der Waals surface area contributed by atoms with Crippen molar-refractivity contribution >= 4 is 21.9 Å². The molecular weight excluding hydrogens is 349 g/mol. The van der Waals surface area contributed by atoms with Crippen molar-refractivity contribution in [1.29, 1.82) is 0 Å². The molecule has 1 heterocycles. The predicted octanol–water partition coefficient (Wildman–Crippen LogP) is 2.43. The van der Waals surface area contributed by atoms with Gasteiger partial charge in [-0.15, -0.1) is 0 Å². The van der Waals surface area contributed by atoms with Crippen molar-refractivity contribution in [1.82, 2.24) is 15.1 Å². The van der Waals surface area contributed by atoms with Gasteiger partial charge >= 0.3 is 6.18 Å². The summed E-state index contributed by atoms with van der Waals surface area (Å²) in [5, 5.41) is 3.16. The van der Waals surface area contributed by atoms with E-state index in [2.05, 4.69) is 32.8 Å². The summed E-state index contributed by atoms with van der Waals surface area (Å²) < 4.78 is 38.9. The summed E-state index contributed by atoms with van der Waals surface area (Å²) in [4.78, 5) is 7.85. The molecule has 1 fully saturated rings. The first-order valence-corrected chi connectivity index (χ1v) is 7.72. The lowest BCUT2D eigenvalue weighted by atomic mass is 10.2. The highest BCUT2D eigenvalue weighted by Crippen LogP contribution is 2.25. The largest absolute Gasteiger partial charge is 0.403 e. The van der Waals surface area contributed by atoms with Crippen molar-refractivity contribution in [3.8, 4) is 0 Å². The first kappa shape index (κ1) is 18.3. The van der Waals surface area contributed by atoms with E-state index in [1.54, 1.807) is 0 Å². The van der Waals surface area contributed by atoms with Crippen LogP contribution in [0, 0.1) is 0 Å². The molecule has 0 bridgehead atoms. The predicted molar refractivity (Wildman–Crippen MR) is 82.7 cm³/mol. The van der Waals surface area contributed by atoms with Gasteiger partial charge in [-0.25, -0.2) is 4.99 Å². The highest BCUT2D eigenvalue weighted by molar-refractivity contribution is 9.11. The number of aliphatic imine (C=N–C) groups is 1.